The summed E-state index contributed by atoms with van der Waals surface area (Å²) in [5.41, 5.74) is 0.00962. The Bertz CT molecular complexity index is 650. The minimum atomic E-state index is -3.78. The van der Waals surface area contributed by atoms with Crippen LogP contribution < -0.4 is 0 Å². The van der Waals surface area contributed by atoms with Gasteiger partial charge in [0.15, 0.2) is 16.9 Å². The molecule has 0 saturated heterocycles. The van der Waals surface area contributed by atoms with Crippen LogP contribution in [0.15, 0.2) is 14.5 Å². The monoisotopic (exact) mass is 339 g/mol. The van der Waals surface area contributed by atoms with Crippen molar-refractivity contribution in [3.63, 3.8) is 0 Å². The van der Waals surface area contributed by atoms with Crippen molar-refractivity contribution in [1.29, 1.82) is 0 Å². The van der Waals surface area contributed by atoms with E-state index in [1.165, 1.54) is 13.2 Å². The summed E-state index contributed by atoms with van der Waals surface area (Å²) in [6, 6.07) is 1.18. The fourth-order valence-corrected chi connectivity index (χ4v) is 5.76. The van der Waals surface area contributed by atoms with Gasteiger partial charge in [0, 0.05) is 20.3 Å². The highest BCUT2D eigenvalue weighted by Crippen LogP contribution is 2.35. The summed E-state index contributed by atoms with van der Waals surface area (Å²) in [5.74, 6) is -0.361. The Morgan fingerprint density at radius 3 is 2.85 bits per heavy atom. The van der Waals surface area contributed by atoms with Gasteiger partial charge in [-0.3, -0.25) is 4.79 Å². The molecule has 0 fully saturated rings. The lowest BCUT2D eigenvalue weighted by molar-refractivity contribution is 0.0952. The second-order valence-electron chi connectivity index (χ2n) is 4.12. The molecule has 1 aromatic rings. The van der Waals surface area contributed by atoms with Gasteiger partial charge in [-0.05, 0) is 12.5 Å². The highest BCUT2D eigenvalue weighted by atomic mass is 32.3. The maximum absolute atomic E-state index is 12.3. The van der Waals surface area contributed by atoms with Crippen LogP contribution >= 0.6 is 11.3 Å². The first-order chi connectivity index (χ1) is 9.37. The first-order valence-electron chi connectivity index (χ1n) is 5.65. The van der Waals surface area contributed by atoms with Gasteiger partial charge in [-0.2, -0.15) is 4.31 Å². The number of carbonyl (C=O) groups is 1. The number of fused-ring (bicyclic) bond motifs is 1. The largest absolute Gasteiger partial charge is 0.385 e. The van der Waals surface area contributed by atoms with E-state index in [2.05, 4.69) is 0 Å². The van der Waals surface area contributed by atoms with E-state index in [0.717, 1.165) is 4.31 Å². The molecule has 0 aliphatic carbocycles. The van der Waals surface area contributed by atoms with Gasteiger partial charge in [-0.25, -0.2) is 12.6 Å². The Balaban J connectivity index is 2.36. The van der Waals surface area contributed by atoms with E-state index < -0.39 is 21.1 Å². The zero-order valence-electron chi connectivity index (χ0n) is 10.6. The molecule has 0 radical (unpaired) electrons. The number of sulfonamides is 1. The van der Waals surface area contributed by atoms with E-state index in [-0.39, 0.29) is 32.9 Å². The Morgan fingerprint density at radius 1 is 1.55 bits per heavy atom. The second kappa shape index (κ2) is 6.00. The number of Topliss-reactive ketones (excluding diaryl/α,β-unsaturated/α-hetero) is 1. The Morgan fingerprint density at radius 2 is 2.25 bits per heavy atom. The summed E-state index contributed by atoms with van der Waals surface area (Å²) in [5, 5.41) is 0. The molecular weight excluding hydrogens is 326 g/mol. The van der Waals surface area contributed by atoms with Gasteiger partial charge in [0.25, 0.3) is 10.0 Å². The number of hydrogen-bond donors (Lipinski definition) is 1. The van der Waals surface area contributed by atoms with Gasteiger partial charge in [0.2, 0.25) is 0 Å². The van der Waals surface area contributed by atoms with E-state index in [1.807, 2.05) is 0 Å². The number of methoxy groups -OCH3 is 1. The fourth-order valence-electron chi connectivity index (χ4n) is 1.86. The molecule has 10 heteroatoms. The molecule has 0 spiro atoms. The van der Waals surface area contributed by atoms with Crippen LogP contribution in [0.5, 0.6) is 0 Å². The van der Waals surface area contributed by atoms with E-state index >= 15 is 0 Å². The number of rotatable bonds is 5. The van der Waals surface area contributed by atoms with Gasteiger partial charge < -0.3 is 9.29 Å². The topological polar surface area (TPSA) is 101 Å². The number of nitrogens with zero attached hydrogens (tertiary/aromatic N) is 1. The van der Waals surface area contributed by atoms with Crippen molar-refractivity contribution in [3.05, 3.63) is 11.6 Å². The number of carbonyl (C=O) groups excluding carboxylic acids is 1. The lowest BCUT2D eigenvalue weighted by atomic mass is 10.2. The predicted molar refractivity (Wildman–Crippen MR) is 72.9 cm³/mol. The minimum absolute atomic E-state index is 0.00962. The van der Waals surface area contributed by atoms with Crippen molar-refractivity contribution in [1.82, 2.24) is 4.31 Å². The summed E-state index contributed by atoms with van der Waals surface area (Å²) in [7, 11) is -2.27. The molecule has 1 N–H and O–H groups in total. The van der Waals surface area contributed by atoms with Crippen LogP contribution in [0, 0.1) is 0 Å². The summed E-state index contributed by atoms with van der Waals surface area (Å²) in [6.45, 7) is 0.327. The average molecular weight is 339 g/mol. The average Bonchev–Trinajstić information content (AvgIpc) is 2.82. The molecule has 0 aromatic carbocycles. The quantitative estimate of drug-likeness (QED) is 0.621. The third kappa shape index (κ3) is 2.85. The lowest BCUT2D eigenvalue weighted by Gasteiger charge is -2.24. The molecule has 7 nitrogen and oxygen atoms in total. The van der Waals surface area contributed by atoms with E-state index in [4.69, 9.17) is 9.29 Å². The van der Waals surface area contributed by atoms with Crippen molar-refractivity contribution >= 4 is 38.2 Å². The minimum Gasteiger partial charge on any atom is -0.385 e. The Kier molecular flexibility index (Phi) is 4.72. The SMILES string of the molecule is COCCCN1CC(=O)c2cc(S(=O)O)sc2S1(=O)=O. The molecular formula is C10H13NO6S3. The number of thiophene rings is 1. The van der Waals surface area contributed by atoms with Crippen LogP contribution in [0.3, 0.4) is 0 Å². The highest BCUT2D eigenvalue weighted by molar-refractivity contribution is 7.92. The lowest BCUT2D eigenvalue weighted by Crippen LogP contribution is -2.40. The number of hydrogen-bond acceptors (Lipinski definition) is 6. The molecule has 1 atom stereocenters. The summed E-state index contributed by atoms with van der Waals surface area (Å²) in [6.07, 6.45) is 0.475. The van der Waals surface area contributed by atoms with Crippen LogP contribution in [0.2, 0.25) is 0 Å². The normalized spacial score (nSPS) is 19.8. The first kappa shape index (κ1) is 15.7. The van der Waals surface area contributed by atoms with Crippen molar-refractivity contribution in [3.8, 4) is 0 Å². The van der Waals surface area contributed by atoms with Gasteiger partial charge in [0.05, 0.1) is 12.1 Å². The molecule has 112 valence electrons. The third-order valence-electron chi connectivity index (χ3n) is 2.80. The third-order valence-corrected chi connectivity index (χ3v) is 7.22. The van der Waals surface area contributed by atoms with Gasteiger partial charge in [-0.15, -0.1) is 11.3 Å². The van der Waals surface area contributed by atoms with E-state index in [0.29, 0.717) is 24.4 Å². The van der Waals surface area contributed by atoms with Crippen molar-refractivity contribution < 1.29 is 26.7 Å². The summed E-state index contributed by atoms with van der Waals surface area (Å²) < 4.78 is 50.5. The molecule has 0 saturated carbocycles. The second-order valence-corrected chi connectivity index (χ2v) is 8.51. The van der Waals surface area contributed by atoms with Crippen LogP contribution in [0.25, 0.3) is 0 Å². The van der Waals surface area contributed by atoms with Gasteiger partial charge in [0.1, 0.15) is 8.42 Å². The molecule has 1 aliphatic rings. The van der Waals surface area contributed by atoms with E-state index in [1.54, 1.807) is 0 Å². The predicted octanol–water partition coefficient (Wildman–Crippen LogP) is 0.552. The van der Waals surface area contributed by atoms with Crippen LogP contribution in [-0.4, -0.2) is 54.1 Å². The van der Waals surface area contributed by atoms with Crippen molar-refractivity contribution in [2.24, 2.45) is 0 Å². The van der Waals surface area contributed by atoms with Crippen LogP contribution in [0.4, 0.5) is 0 Å². The number of ether oxygens (including phenoxy) is 1. The number of ketones is 1. The Labute approximate surface area is 122 Å². The maximum atomic E-state index is 12.3. The molecule has 0 amide bonds. The molecule has 20 heavy (non-hydrogen) atoms. The molecule has 2 heterocycles. The van der Waals surface area contributed by atoms with Gasteiger partial charge in [-0.1, -0.05) is 0 Å². The standard InChI is InChI=1S/C10H13NO6S3/c1-17-4-2-3-11-6-8(12)7-5-9(19(13)14)18-10(7)20(11,15)16/h5H,2-4,6H2,1H3,(H,13,14). The molecule has 1 aromatic heterocycles. The summed E-state index contributed by atoms with van der Waals surface area (Å²) in [4.78, 5) is 11.9. The molecule has 2 rings (SSSR count). The van der Waals surface area contributed by atoms with E-state index in [9.17, 15) is 17.4 Å². The fraction of sp³-hybridized carbons (Fsp3) is 0.500. The first-order valence-corrected chi connectivity index (χ1v) is 9.01. The molecule has 1 aliphatic heterocycles. The van der Waals surface area contributed by atoms with Crippen molar-refractivity contribution in [2.45, 2.75) is 14.8 Å². The van der Waals surface area contributed by atoms with Crippen LogP contribution in [0.1, 0.15) is 16.8 Å². The highest BCUT2D eigenvalue weighted by Gasteiger charge is 2.38. The smallest absolute Gasteiger partial charge is 0.253 e. The zero-order chi connectivity index (χ0) is 14.9. The summed E-state index contributed by atoms with van der Waals surface area (Å²) >= 11 is -1.63. The maximum Gasteiger partial charge on any atom is 0.253 e. The molecule has 1 unspecified atom stereocenters. The molecule has 0 bridgehead atoms. The Hall–Kier alpha value is -0.650. The van der Waals surface area contributed by atoms with Crippen LogP contribution in [-0.2, 0) is 25.8 Å². The zero-order valence-corrected chi connectivity index (χ0v) is 13.0. The van der Waals surface area contributed by atoms with Gasteiger partial charge >= 0.3 is 0 Å². The van der Waals surface area contributed by atoms with Crippen molar-refractivity contribution in [2.75, 3.05) is 26.8 Å².